The standard InChI is InChI=1S/C21H28N2O3/c1-21(2,3)26-20(25)12-10-18-7-5-17(6-8-18)9-11-19(24)23-15-13-22(4)14-16-23/h5-12H,13-16H2,1-4H3. The molecule has 1 amide bonds. The Bertz CT molecular complexity index is 676. The predicted octanol–water partition coefficient (Wildman–Crippen LogP) is 2.83. The molecule has 5 heteroatoms. The van der Waals surface area contributed by atoms with Crippen LogP contribution in [0.25, 0.3) is 12.2 Å². The fourth-order valence-corrected chi connectivity index (χ4v) is 2.52. The first-order valence-electron chi connectivity index (χ1n) is 8.89. The smallest absolute Gasteiger partial charge is 0.331 e. The highest BCUT2D eigenvalue weighted by atomic mass is 16.6. The first-order valence-corrected chi connectivity index (χ1v) is 8.89. The maximum atomic E-state index is 12.2. The van der Waals surface area contributed by atoms with E-state index in [1.54, 1.807) is 12.2 Å². The van der Waals surface area contributed by atoms with Crippen LogP contribution in [0.3, 0.4) is 0 Å². The number of piperazine rings is 1. The second-order valence-electron chi connectivity index (χ2n) is 7.50. The van der Waals surface area contributed by atoms with Gasteiger partial charge in [0.25, 0.3) is 0 Å². The Balaban J connectivity index is 1.88. The van der Waals surface area contributed by atoms with E-state index in [2.05, 4.69) is 11.9 Å². The molecule has 0 bridgehead atoms. The van der Waals surface area contributed by atoms with Gasteiger partial charge in [-0.05, 0) is 51.1 Å². The minimum absolute atomic E-state index is 0.0481. The average Bonchev–Trinajstić information content (AvgIpc) is 2.58. The van der Waals surface area contributed by atoms with Crippen molar-refractivity contribution in [3.63, 3.8) is 0 Å². The number of amides is 1. The summed E-state index contributed by atoms with van der Waals surface area (Å²) >= 11 is 0. The van der Waals surface area contributed by atoms with Gasteiger partial charge in [0.05, 0.1) is 0 Å². The number of ether oxygens (including phenoxy) is 1. The molecule has 0 aliphatic carbocycles. The number of rotatable bonds is 4. The van der Waals surface area contributed by atoms with E-state index in [9.17, 15) is 9.59 Å². The zero-order valence-corrected chi connectivity index (χ0v) is 16.1. The Hall–Kier alpha value is -2.40. The molecule has 1 aromatic carbocycles. The Morgan fingerprint density at radius 3 is 1.92 bits per heavy atom. The first-order chi connectivity index (χ1) is 12.2. The molecule has 0 unspecified atom stereocenters. The van der Waals surface area contributed by atoms with Crippen molar-refractivity contribution in [1.29, 1.82) is 0 Å². The molecule has 1 aliphatic rings. The molecule has 1 aromatic rings. The molecular formula is C21H28N2O3. The van der Waals surface area contributed by atoms with Gasteiger partial charge in [0, 0.05) is 38.3 Å². The summed E-state index contributed by atoms with van der Waals surface area (Å²) < 4.78 is 5.23. The third-order valence-electron chi connectivity index (χ3n) is 3.99. The van der Waals surface area contributed by atoms with E-state index in [0.29, 0.717) is 0 Å². The third kappa shape index (κ3) is 6.84. The summed E-state index contributed by atoms with van der Waals surface area (Å²) in [5.41, 5.74) is 1.35. The minimum Gasteiger partial charge on any atom is -0.457 e. The van der Waals surface area contributed by atoms with Crippen molar-refractivity contribution in [3.8, 4) is 0 Å². The molecule has 140 valence electrons. The van der Waals surface area contributed by atoms with E-state index in [0.717, 1.165) is 37.3 Å². The molecule has 0 saturated carbocycles. The molecule has 0 N–H and O–H groups in total. The van der Waals surface area contributed by atoms with E-state index in [1.807, 2.05) is 56.0 Å². The van der Waals surface area contributed by atoms with Crippen LogP contribution < -0.4 is 0 Å². The summed E-state index contributed by atoms with van der Waals surface area (Å²) in [7, 11) is 2.07. The van der Waals surface area contributed by atoms with Crippen LogP contribution in [0.4, 0.5) is 0 Å². The molecule has 0 atom stereocenters. The molecule has 1 aliphatic heterocycles. The van der Waals surface area contributed by atoms with Crippen LogP contribution in [0.5, 0.6) is 0 Å². The monoisotopic (exact) mass is 356 g/mol. The van der Waals surface area contributed by atoms with E-state index in [1.165, 1.54) is 6.08 Å². The number of benzene rings is 1. The maximum Gasteiger partial charge on any atom is 0.331 e. The molecule has 2 rings (SSSR count). The third-order valence-corrected chi connectivity index (χ3v) is 3.99. The van der Waals surface area contributed by atoms with Crippen molar-refractivity contribution in [1.82, 2.24) is 9.80 Å². The molecule has 1 heterocycles. The van der Waals surface area contributed by atoms with Crippen molar-refractivity contribution in [2.45, 2.75) is 26.4 Å². The first kappa shape index (κ1) is 19.9. The van der Waals surface area contributed by atoms with Crippen LogP contribution in [-0.2, 0) is 14.3 Å². The second-order valence-corrected chi connectivity index (χ2v) is 7.50. The van der Waals surface area contributed by atoms with Crippen molar-refractivity contribution >= 4 is 24.0 Å². The van der Waals surface area contributed by atoms with Crippen LogP contribution >= 0.6 is 0 Å². The van der Waals surface area contributed by atoms with Crippen molar-refractivity contribution in [3.05, 3.63) is 47.5 Å². The van der Waals surface area contributed by atoms with Gasteiger partial charge in [-0.1, -0.05) is 24.3 Å². The molecule has 26 heavy (non-hydrogen) atoms. The van der Waals surface area contributed by atoms with Crippen molar-refractivity contribution in [2.24, 2.45) is 0 Å². The van der Waals surface area contributed by atoms with Crippen LogP contribution in [0.15, 0.2) is 36.4 Å². The van der Waals surface area contributed by atoms with Gasteiger partial charge < -0.3 is 14.5 Å². The highest BCUT2D eigenvalue weighted by Crippen LogP contribution is 2.11. The number of hydrogen-bond acceptors (Lipinski definition) is 4. The number of carbonyl (C=O) groups excluding carboxylic acids is 2. The van der Waals surface area contributed by atoms with Gasteiger partial charge in [-0.2, -0.15) is 0 Å². The van der Waals surface area contributed by atoms with Gasteiger partial charge in [0.1, 0.15) is 5.60 Å². The van der Waals surface area contributed by atoms with E-state index in [4.69, 9.17) is 4.74 Å². The lowest BCUT2D eigenvalue weighted by molar-refractivity contribution is -0.148. The lowest BCUT2D eigenvalue weighted by atomic mass is 10.1. The molecular weight excluding hydrogens is 328 g/mol. The Morgan fingerprint density at radius 2 is 1.42 bits per heavy atom. The van der Waals surface area contributed by atoms with Crippen molar-refractivity contribution < 1.29 is 14.3 Å². The highest BCUT2D eigenvalue weighted by Gasteiger charge is 2.16. The fourth-order valence-electron chi connectivity index (χ4n) is 2.52. The molecule has 0 aromatic heterocycles. The topological polar surface area (TPSA) is 49.9 Å². The maximum absolute atomic E-state index is 12.2. The Labute approximate surface area is 155 Å². The van der Waals surface area contributed by atoms with E-state index < -0.39 is 5.60 Å². The molecule has 1 fully saturated rings. The number of esters is 1. The second kappa shape index (κ2) is 8.81. The number of carbonyl (C=O) groups is 2. The van der Waals surface area contributed by atoms with Crippen LogP contribution in [-0.4, -0.2) is 60.5 Å². The summed E-state index contributed by atoms with van der Waals surface area (Å²) in [4.78, 5) is 28.0. The average molecular weight is 356 g/mol. The van der Waals surface area contributed by atoms with Gasteiger partial charge in [-0.3, -0.25) is 4.79 Å². The van der Waals surface area contributed by atoms with Crippen LogP contribution in [0.2, 0.25) is 0 Å². The lowest BCUT2D eigenvalue weighted by Crippen LogP contribution is -2.46. The lowest BCUT2D eigenvalue weighted by Gasteiger charge is -2.31. The summed E-state index contributed by atoms with van der Waals surface area (Å²) in [6.45, 7) is 8.88. The fraction of sp³-hybridized carbons (Fsp3) is 0.429. The Morgan fingerprint density at radius 1 is 0.923 bits per heavy atom. The number of likely N-dealkylation sites (N-methyl/N-ethyl adjacent to an activating group) is 1. The minimum atomic E-state index is -0.494. The summed E-state index contributed by atoms with van der Waals surface area (Å²) in [6, 6.07) is 7.65. The predicted molar refractivity (Wildman–Crippen MR) is 104 cm³/mol. The molecule has 1 saturated heterocycles. The summed E-state index contributed by atoms with van der Waals surface area (Å²) in [5, 5.41) is 0. The van der Waals surface area contributed by atoms with Crippen LogP contribution in [0.1, 0.15) is 31.9 Å². The van der Waals surface area contributed by atoms with Crippen LogP contribution in [0, 0.1) is 0 Å². The highest BCUT2D eigenvalue weighted by molar-refractivity contribution is 5.92. The van der Waals surface area contributed by atoms with Gasteiger partial charge in [0.2, 0.25) is 5.91 Å². The van der Waals surface area contributed by atoms with E-state index in [-0.39, 0.29) is 11.9 Å². The van der Waals surface area contributed by atoms with Gasteiger partial charge in [-0.25, -0.2) is 4.79 Å². The SMILES string of the molecule is CN1CCN(C(=O)C=Cc2ccc(C=CC(=O)OC(C)(C)C)cc2)CC1. The summed E-state index contributed by atoms with van der Waals surface area (Å²) in [6.07, 6.45) is 6.59. The number of nitrogens with zero attached hydrogens (tertiary/aromatic N) is 2. The summed E-state index contributed by atoms with van der Waals surface area (Å²) in [5.74, 6) is -0.314. The normalized spacial score (nSPS) is 16.4. The Kier molecular flexibility index (Phi) is 6.75. The quantitative estimate of drug-likeness (QED) is 0.615. The largest absolute Gasteiger partial charge is 0.457 e. The van der Waals surface area contributed by atoms with Gasteiger partial charge >= 0.3 is 5.97 Å². The van der Waals surface area contributed by atoms with Crippen molar-refractivity contribution in [2.75, 3.05) is 33.2 Å². The molecule has 5 nitrogen and oxygen atoms in total. The van der Waals surface area contributed by atoms with Gasteiger partial charge in [-0.15, -0.1) is 0 Å². The zero-order valence-electron chi connectivity index (χ0n) is 16.1. The van der Waals surface area contributed by atoms with E-state index >= 15 is 0 Å². The molecule has 0 spiro atoms. The number of hydrogen-bond donors (Lipinski definition) is 0. The van der Waals surface area contributed by atoms with Gasteiger partial charge in [0.15, 0.2) is 0 Å². The zero-order chi connectivity index (χ0) is 19.2. The molecule has 0 radical (unpaired) electrons.